The van der Waals surface area contributed by atoms with Crippen LogP contribution in [0.4, 0.5) is 0 Å². The Balaban J connectivity index is 1.70. The largest absolute Gasteiger partial charge is 0.465 e. The van der Waals surface area contributed by atoms with Crippen molar-refractivity contribution in [3.8, 4) is 16.9 Å². The zero-order valence-corrected chi connectivity index (χ0v) is 19.1. The highest BCUT2D eigenvalue weighted by molar-refractivity contribution is 5.89. The second-order valence-corrected chi connectivity index (χ2v) is 8.15. The van der Waals surface area contributed by atoms with Crippen molar-refractivity contribution in [2.45, 2.75) is 20.4 Å². The van der Waals surface area contributed by atoms with Crippen LogP contribution < -0.4 is 5.69 Å². The first-order valence-corrected chi connectivity index (χ1v) is 10.8. The number of ether oxygens (including phenoxy) is 1. The van der Waals surface area contributed by atoms with E-state index in [9.17, 15) is 9.59 Å². The Hall–Kier alpha value is -4.46. The van der Waals surface area contributed by atoms with E-state index in [1.54, 1.807) is 31.8 Å². The molecule has 34 heavy (non-hydrogen) atoms. The Labute approximate surface area is 195 Å². The third-order valence-corrected chi connectivity index (χ3v) is 5.89. The zero-order valence-electron chi connectivity index (χ0n) is 19.1. The number of hydrogen-bond donors (Lipinski definition) is 0. The Bertz CT molecular complexity index is 1590. The van der Waals surface area contributed by atoms with Gasteiger partial charge in [-0.25, -0.2) is 19.1 Å². The molecule has 0 radical (unpaired) electrons. The standard InChI is InChI=1S/C26H23N5O3/c1-17-6-4-9-22(12-17)31-24(21-10-11-23-27-16-28-30(23)15-21)18(2)29(26(31)33)14-19-7-5-8-20(13-19)25(32)34-3/h4-13,15-16H,14H2,1-3H3. The smallest absolute Gasteiger partial charge is 0.337 e. The van der Waals surface area contributed by atoms with Crippen LogP contribution in [0.5, 0.6) is 0 Å². The molecule has 0 aliphatic carbocycles. The monoisotopic (exact) mass is 453 g/mol. The summed E-state index contributed by atoms with van der Waals surface area (Å²) < 4.78 is 9.98. The fourth-order valence-corrected chi connectivity index (χ4v) is 4.23. The molecule has 0 spiro atoms. The first kappa shape index (κ1) is 21.4. The van der Waals surface area contributed by atoms with Crippen LogP contribution in [0.25, 0.3) is 22.6 Å². The maximum absolute atomic E-state index is 13.8. The molecule has 8 heteroatoms. The van der Waals surface area contributed by atoms with E-state index in [0.717, 1.165) is 39.4 Å². The van der Waals surface area contributed by atoms with Gasteiger partial charge < -0.3 is 4.74 Å². The molecule has 0 amide bonds. The summed E-state index contributed by atoms with van der Waals surface area (Å²) >= 11 is 0. The maximum Gasteiger partial charge on any atom is 0.337 e. The summed E-state index contributed by atoms with van der Waals surface area (Å²) in [6.07, 6.45) is 3.37. The molecule has 8 nitrogen and oxygen atoms in total. The molecule has 5 rings (SSSR count). The van der Waals surface area contributed by atoms with Gasteiger partial charge in [-0.1, -0.05) is 24.3 Å². The predicted octanol–water partition coefficient (Wildman–Crippen LogP) is 3.80. The van der Waals surface area contributed by atoms with Gasteiger partial charge in [0.05, 0.1) is 30.6 Å². The van der Waals surface area contributed by atoms with Crippen LogP contribution in [0.15, 0.2) is 78.0 Å². The fourth-order valence-electron chi connectivity index (χ4n) is 4.23. The number of nitrogens with zero attached hydrogens (tertiary/aromatic N) is 5. The molecule has 0 aliphatic rings. The van der Waals surface area contributed by atoms with Gasteiger partial charge in [0.1, 0.15) is 6.33 Å². The molecule has 0 N–H and O–H groups in total. The lowest BCUT2D eigenvalue weighted by molar-refractivity contribution is 0.0600. The van der Waals surface area contributed by atoms with E-state index in [1.165, 1.54) is 13.4 Å². The SMILES string of the molecule is COC(=O)c1cccc(Cn2c(C)c(-c3ccc4ncnn4c3)n(-c3cccc(C)c3)c2=O)c1. The molecule has 0 saturated heterocycles. The maximum atomic E-state index is 13.8. The van der Waals surface area contributed by atoms with Crippen LogP contribution in [-0.4, -0.2) is 36.8 Å². The van der Waals surface area contributed by atoms with Gasteiger partial charge in [0.25, 0.3) is 0 Å². The van der Waals surface area contributed by atoms with Crippen molar-refractivity contribution in [2.75, 3.05) is 7.11 Å². The second kappa shape index (κ2) is 8.47. The molecule has 3 aromatic heterocycles. The van der Waals surface area contributed by atoms with Crippen LogP contribution in [0.1, 0.15) is 27.2 Å². The minimum Gasteiger partial charge on any atom is -0.465 e. The molecule has 0 saturated carbocycles. The molecule has 0 aliphatic heterocycles. The van der Waals surface area contributed by atoms with Crippen molar-refractivity contribution < 1.29 is 9.53 Å². The molecule has 170 valence electrons. The summed E-state index contributed by atoms with van der Waals surface area (Å²) in [6, 6.07) is 18.8. The van der Waals surface area contributed by atoms with Gasteiger partial charge in [-0.3, -0.25) is 9.13 Å². The fraction of sp³-hybridized carbons (Fsp3) is 0.154. The summed E-state index contributed by atoms with van der Waals surface area (Å²) in [4.78, 5) is 30.0. The summed E-state index contributed by atoms with van der Waals surface area (Å²) in [5.74, 6) is -0.412. The van der Waals surface area contributed by atoms with Crippen molar-refractivity contribution in [3.63, 3.8) is 0 Å². The number of fused-ring (bicyclic) bond motifs is 1. The molecule has 0 bridgehead atoms. The normalized spacial score (nSPS) is 11.1. The van der Waals surface area contributed by atoms with E-state index in [4.69, 9.17) is 4.74 Å². The highest BCUT2D eigenvalue weighted by Gasteiger charge is 2.21. The molecule has 2 aromatic carbocycles. The lowest BCUT2D eigenvalue weighted by Gasteiger charge is -2.10. The quantitative estimate of drug-likeness (QED) is 0.378. The van der Waals surface area contributed by atoms with Crippen molar-refractivity contribution in [1.29, 1.82) is 0 Å². The van der Waals surface area contributed by atoms with E-state index in [0.29, 0.717) is 12.1 Å². The molecule has 0 atom stereocenters. The molecular formula is C26H23N5O3. The van der Waals surface area contributed by atoms with Gasteiger partial charge >= 0.3 is 11.7 Å². The predicted molar refractivity (Wildman–Crippen MR) is 128 cm³/mol. The van der Waals surface area contributed by atoms with E-state index in [2.05, 4.69) is 10.1 Å². The number of aryl methyl sites for hydroxylation is 1. The second-order valence-electron chi connectivity index (χ2n) is 8.15. The van der Waals surface area contributed by atoms with Crippen LogP contribution in [0.2, 0.25) is 0 Å². The number of rotatable bonds is 5. The summed E-state index contributed by atoms with van der Waals surface area (Å²) in [5, 5.41) is 4.25. The molecule has 0 fully saturated rings. The van der Waals surface area contributed by atoms with Gasteiger partial charge in [-0.15, -0.1) is 0 Å². The minimum absolute atomic E-state index is 0.166. The third-order valence-electron chi connectivity index (χ3n) is 5.89. The molecular weight excluding hydrogens is 430 g/mol. The average Bonchev–Trinajstić information content (AvgIpc) is 3.41. The number of benzene rings is 2. The summed E-state index contributed by atoms with van der Waals surface area (Å²) in [7, 11) is 1.35. The van der Waals surface area contributed by atoms with Gasteiger partial charge in [0, 0.05) is 17.5 Å². The number of methoxy groups -OCH3 is 1. The lowest BCUT2D eigenvalue weighted by atomic mass is 10.1. The Morgan fingerprint density at radius 3 is 2.65 bits per heavy atom. The number of imidazole rings is 1. The van der Waals surface area contributed by atoms with Gasteiger partial charge in [0.15, 0.2) is 5.65 Å². The van der Waals surface area contributed by atoms with Crippen molar-refractivity contribution in [2.24, 2.45) is 0 Å². The number of pyridine rings is 1. The van der Waals surface area contributed by atoms with E-state index in [-0.39, 0.29) is 5.69 Å². The summed E-state index contributed by atoms with van der Waals surface area (Å²) in [6.45, 7) is 4.24. The number of esters is 1. The van der Waals surface area contributed by atoms with Gasteiger partial charge in [-0.2, -0.15) is 5.10 Å². The molecule has 0 unspecified atom stereocenters. The van der Waals surface area contributed by atoms with E-state index >= 15 is 0 Å². The Morgan fingerprint density at radius 2 is 1.85 bits per heavy atom. The van der Waals surface area contributed by atoms with Crippen molar-refractivity contribution in [1.82, 2.24) is 23.7 Å². The van der Waals surface area contributed by atoms with Crippen LogP contribution >= 0.6 is 0 Å². The van der Waals surface area contributed by atoms with E-state index in [1.807, 2.05) is 62.5 Å². The Kier molecular flexibility index (Phi) is 5.33. The number of carbonyl (C=O) groups excluding carboxylic acids is 1. The first-order chi connectivity index (χ1) is 16.5. The zero-order chi connectivity index (χ0) is 23.8. The third kappa shape index (κ3) is 3.69. The van der Waals surface area contributed by atoms with Crippen LogP contribution in [0, 0.1) is 13.8 Å². The van der Waals surface area contributed by atoms with Crippen LogP contribution in [-0.2, 0) is 11.3 Å². The Morgan fingerprint density at radius 1 is 1.03 bits per heavy atom. The first-order valence-electron chi connectivity index (χ1n) is 10.8. The van der Waals surface area contributed by atoms with Crippen molar-refractivity contribution >= 4 is 11.6 Å². The topological polar surface area (TPSA) is 83.4 Å². The van der Waals surface area contributed by atoms with E-state index < -0.39 is 5.97 Å². The van der Waals surface area contributed by atoms with Crippen LogP contribution in [0.3, 0.4) is 0 Å². The summed E-state index contributed by atoms with van der Waals surface area (Å²) in [5.41, 5.74) is 6.09. The number of carbonyl (C=O) groups is 1. The minimum atomic E-state index is -0.412. The number of aromatic nitrogens is 5. The average molecular weight is 454 g/mol. The highest BCUT2D eigenvalue weighted by Crippen LogP contribution is 2.27. The highest BCUT2D eigenvalue weighted by atomic mass is 16.5. The molecule has 3 heterocycles. The van der Waals surface area contributed by atoms with Gasteiger partial charge in [0.2, 0.25) is 0 Å². The number of hydrogen-bond acceptors (Lipinski definition) is 5. The van der Waals surface area contributed by atoms with Crippen molar-refractivity contribution in [3.05, 3.63) is 106 Å². The lowest BCUT2D eigenvalue weighted by Crippen LogP contribution is -2.24. The molecule has 5 aromatic rings. The van der Waals surface area contributed by atoms with Gasteiger partial charge in [-0.05, 0) is 61.4 Å².